The third kappa shape index (κ3) is 3.05. The first-order chi connectivity index (χ1) is 8.18. The molecule has 1 aromatic carbocycles. The van der Waals surface area contributed by atoms with Crippen molar-refractivity contribution in [3.05, 3.63) is 49.9 Å². The van der Waals surface area contributed by atoms with Crippen LogP contribution in [0.25, 0.3) is 0 Å². The lowest BCUT2D eigenvalue weighted by molar-refractivity contribution is -0.385. The lowest BCUT2D eigenvalue weighted by atomic mass is 10.2. The van der Waals surface area contributed by atoms with E-state index in [-0.39, 0.29) is 10.6 Å². The molecular weight excluding hydrogens is 324 g/mol. The number of hydrogen-bond acceptors (Lipinski definition) is 5. The predicted molar refractivity (Wildman–Crippen MR) is 72.5 cm³/mol. The topological polar surface area (TPSA) is 56.0 Å². The van der Waals surface area contributed by atoms with Gasteiger partial charge in [0.1, 0.15) is 4.34 Å². The van der Waals surface area contributed by atoms with Crippen LogP contribution in [0.2, 0.25) is 0 Å². The van der Waals surface area contributed by atoms with E-state index in [9.17, 15) is 10.1 Å². The molecule has 2 rings (SSSR count). The van der Waals surface area contributed by atoms with E-state index in [0.29, 0.717) is 10.2 Å². The number of halogens is 1. The highest BCUT2D eigenvalue weighted by molar-refractivity contribution is 9.10. The maximum atomic E-state index is 10.8. The van der Waals surface area contributed by atoms with Crippen LogP contribution in [0.15, 0.2) is 38.6 Å². The van der Waals surface area contributed by atoms with Crippen LogP contribution >= 0.6 is 39.0 Å². The summed E-state index contributed by atoms with van der Waals surface area (Å²) in [5, 5.41) is 12.7. The average Bonchev–Trinajstić information content (AvgIpc) is 2.80. The molecule has 4 nitrogen and oxygen atoms in total. The molecule has 1 aromatic heterocycles. The Morgan fingerprint density at radius 3 is 3.00 bits per heavy atom. The van der Waals surface area contributed by atoms with E-state index < -0.39 is 0 Å². The molecule has 0 saturated carbocycles. The largest absolute Gasteiger partial charge is 0.283 e. The van der Waals surface area contributed by atoms with E-state index >= 15 is 0 Å². The Kier molecular flexibility index (Phi) is 4.14. The summed E-state index contributed by atoms with van der Waals surface area (Å²) in [5.74, 6) is 0.662. The highest BCUT2D eigenvalue weighted by Gasteiger charge is 2.14. The monoisotopic (exact) mass is 330 g/mol. The molecule has 0 N–H and O–H groups in total. The first-order valence-corrected chi connectivity index (χ1v) is 7.28. The molecule has 0 aliphatic rings. The van der Waals surface area contributed by atoms with Crippen molar-refractivity contribution in [3.63, 3.8) is 0 Å². The SMILES string of the molecule is O=[N+]([O-])c1cccc(CSc2nccs2)c1Br. The molecule has 7 heteroatoms. The van der Waals surface area contributed by atoms with Crippen molar-refractivity contribution in [1.29, 1.82) is 0 Å². The fourth-order valence-electron chi connectivity index (χ4n) is 1.24. The molecule has 0 aliphatic carbocycles. The Morgan fingerprint density at radius 1 is 1.53 bits per heavy atom. The minimum Gasteiger partial charge on any atom is -0.258 e. The second-order valence-corrected chi connectivity index (χ2v) is 6.00. The standard InChI is InChI=1S/C10H7BrN2O2S2/c11-9-7(2-1-3-8(9)13(14)15)6-17-10-12-4-5-16-10/h1-5H,6H2. The van der Waals surface area contributed by atoms with Gasteiger partial charge in [-0.1, -0.05) is 23.9 Å². The van der Waals surface area contributed by atoms with Gasteiger partial charge in [0.15, 0.2) is 0 Å². The van der Waals surface area contributed by atoms with Gasteiger partial charge in [0, 0.05) is 23.4 Å². The summed E-state index contributed by atoms with van der Waals surface area (Å²) in [6.07, 6.45) is 1.75. The molecule has 0 atom stereocenters. The van der Waals surface area contributed by atoms with E-state index in [1.54, 1.807) is 35.4 Å². The van der Waals surface area contributed by atoms with Gasteiger partial charge in [0.2, 0.25) is 0 Å². The van der Waals surface area contributed by atoms with Gasteiger partial charge in [0.25, 0.3) is 5.69 Å². The Morgan fingerprint density at radius 2 is 2.35 bits per heavy atom. The highest BCUT2D eigenvalue weighted by atomic mass is 79.9. The van der Waals surface area contributed by atoms with E-state index in [4.69, 9.17) is 0 Å². The van der Waals surface area contributed by atoms with Gasteiger partial charge < -0.3 is 0 Å². The molecule has 0 saturated heterocycles. The maximum absolute atomic E-state index is 10.8. The molecule has 88 valence electrons. The zero-order chi connectivity index (χ0) is 12.3. The second kappa shape index (κ2) is 5.61. The van der Waals surface area contributed by atoms with Gasteiger partial charge in [-0.05, 0) is 21.5 Å². The Bertz CT molecular complexity index is 531. The normalized spacial score (nSPS) is 10.4. The van der Waals surface area contributed by atoms with E-state index in [2.05, 4.69) is 20.9 Å². The number of thioether (sulfide) groups is 1. The molecule has 0 bridgehead atoms. The molecule has 0 spiro atoms. The van der Waals surface area contributed by atoms with Crippen LogP contribution in [0.3, 0.4) is 0 Å². The summed E-state index contributed by atoms with van der Waals surface area (Å²) in [6.45, 7) is 0. The Hall–Kier alpha value is -0.920. The third-order valence-corrected chi connectivity index (χ3v) is 4.95. The maximum Gasteiger partial charge on any atom is 0.283 e. The van der Waals surface area contributed by atoms with Crippen molar-refractivity contribution in [2.45, 2.75) is 10.1 Å². The summed E-state index contributed by atoms with van der Waals surface area (Å²) in [4.78, 5) is 14.5. The van der Waals surface area contributed by atoms with E-state index in [0.717, 1.165) is 9.90 Å². The summed E-state index contributed by atoms with van der Waals surface area (Å²) < 4.78 is 1.51. The summed E-state index contributed by atoms with van der Waals surface area (Å²) >= 11 is 6.40. The number of hydrogen-bond donors (Lipinski definition) is 0. The number of aromatic nitrogens is 1. The quantitative estimate of drug-likeness (QED) is 0.481. The molecule has 17 heavy (non-hydrogen) atoms. The number of nitrogens with zero attached hydrogens (tertiary/aromatic N) is 2. The highest BCUT2D eigenvalue weighted by Crippen LogP contribution is 2.33. The van der Waals surface area contributed by atoms with Gasteiger partial charge in [-0.2, -0.15) is 0 Å². The van der Waals surface area contributed by atoms with Crippen LogP contribution in [0.4, 0.5) is 5.69 Å². The summed E-state index contributed by atoms with van der Waals surface area (Å²) in [7, 11) is 0. The van der Waals surface area contributed by atoms with Crippen molar-refractivity contribution >= 4 is 44.7 Å². The number of benzene rings is 1. The molecule has 2 aromatic rings. The molecule has 0 fully saturated rings. The molecular formula is C10H7BrN2O2S2. The molecule has 0 unspecified atom stereocenters. The molecule has 0 aliphatic heterocycles. The van der Waals surface area contributed by atoms with E-state index in [1.807, 2.05) is 11.4 Å². The number of thiazole rings is 1. The average molecular weight is 331 g/mol. The number of nitro benzene ring substituents is 1. The van der Waals surface area contributed by atoms with Crippen molar-refractivity contribution in [1.82, 2.24) is 4.98 Å². The van der Waals surface area contributed by atoms with Crippen molar-refractivity contribution in [2.75, 3.05) is 0 Å². The zero-order valence-electron chi connectivity index (χ0n) is 8.50. The second-order valence-electron chi connectivity index (χ2n) is 3.09. The minimum atomic E-state index is -0.387. The van der Waals surface area contributed by atoms with Crippen LogP contribution < -0.4 is 0 Å². The van der Waals surface area contributed by atoms with Crippen LogP contribution in [0.1, 0.15) is 5.56 Å². The molecule has 0 amide bonds. The Labute approximate surface area is 114 Å². The number of nitro groups is 1. The predicted octanol–water partition coefficient (Wildman–Crippen LogP) is 4.11. The zero-order valence-corrected chi connectivity index (χ0v) is 11.7. The summed E-state index contributed by atoms with van der Waals surface area (Å²) in [5.41, 5.74) is 1.00. The fraction of sp³-hybridized carbons (Fsp3) is 0.100. The lowest BCUT2D eigenvalue weighted by Crippen LogP contribution is -1.92. The Balaban J connectivity index is 2.16. The minimum absolute atomic E-state index is 0.0993. The van der Waals surface area contributed by atoms with Gasteiger partial charge >= 0.3 is 0 Å². The molecule has 1 heterocycles. The fourth-order valence-corrected chi connectivity index (χ4v) is 3.61. The smallest absolute Gasteiger partial charge is 0.258 e. The lowest BCUT2D eigenvalue weighted by Gasteiger charge is -2.03. The van der Waals surface area contributed by atoms with Gasteiger partial charge in [-0.15, -0.1) is 11.3 Å². The van der Waals surface area contributed by atoms with Crippen LogP contribution in [-0.4, -0.2) is 9.91 Å². The van der Waals surface area contributed by atoms with Gasteiger partial charge in [-0.25, -0.2) is 4.98 Å². The van der Waals surface area contributed by atoms with Crippen LogP contribution in [0.5, 0.6) is 0 Å². The van der Waals surface area contributed by atoms with Crippen LogP contribution in [0, 0.1) is 10.1 Å². The third-order valence-electron chi connectivity index (χ3n) is 2.02. The number of rotatable bonds is 4. The van der Waals surface area contributed by atoms with Crippen molar-refractivity contribution in [3.8, 4) is 0 Å². The summed E-state index contributed by atoms with van der Waals surface area (Å²) in [6, 6.07) is 5.06. The van der Waals surface area contributed by atoms with Gasteiger partial charge in [-0.3, -0.25) is 10.1 Å². The van der Waals surface area contributed by atoms with Gasteiger partial charge in [0.05, 0.1) is 9.40 Å². The van der Waals surface area contributed by atoms with E-state index in [1.165, 1.54) is 6.07 Å². The van der Waals surface area contributed by atoms with Crippen molar-refractivity contribution < 1.29 is 4.92 Å². The van der Waals surface area contributed by atoms with Crippen molar-refractivity contribution in [2.24, 2.45) is 0 Å². The van der Waals surface area contributed by atoms with Crippen LogP contribution in [-0.2, 0) is 5.75 Å². The first-order valence-electron chi connectivity index (χ1n) is 4.62. The first kappa shape index (κ1) is 12.5. The molecule has 0 radical (unpaired) electrons.